The molecule has 1 atom stereocenters. The summed E-state index contributed by atoms with van der Waals surface area (Å²) in [4.78, 5) is 10.4. The van der Waals surface area contributed by atoms with Crippen LogP contribution in [0.2, 0.25) is 0 Å². The molecule has 0 saturated carbocycles. The monoisotopic (exact) mass is 225 g/mol. The van der Waals surface area contributed by atoms with Gasteiger partial charge in [0, 0.05) is 0 Å². The first-order valence-corrected chi connectivity index (χ1v) is 3.86. The minimum Gasteiger partial charge on any atom is -0.508 e. The summed E-state index contributed by atoms with van der Waals surface area (Å²) in [5.74, 6) is -0.860. The molecule has 0 aliphatic heterocycles. The summed E-state index contributed by atoms with van der Waals surface area (Å²) in [7, 11) is 0. The molecule has 0 aromatic heterocycles. The Hall–Kier alpha value is -0.824. The predicted molar refractivity (Wildman–Crippen MR) is 59.6 cm³/mol. The van der Waals surface area contributed by atoms with E-state index in [2.05, 4.69) is 0 Å². The summed E-state index contributed by atoms with van der Waals surface area (Å²) >= 11 is 0. The quantitative estimate of drug-likeness (QED) is 0.549. The van der Waals surface area contributed by atoms with E-state index in [1.165, 1.54) is 12.1 Å². The SMILES string of the molecule is NC(Cc1ccc(O)cc1)C(=O)O.O.[MgH2]. The first-order chi connectivity index (χ1) is 6.09. The van der Waals surface area contributed by atoms with E-state index in [-0.39, 0.29) is 40.7 Å². The zero-order valence-electron chi connectivity index (χ0n) is 7.47. The maximum atomic E-state index is 10.4. The van der Waals surface area contributed by atoms with Crippen molar-refractivity contribution in [3.8, 4) is 5.75 Å². The van der Waals surface area contributed by atoms with Gasteiger partial charge < -0.3 is 21.4 Å². The van der Waals surface area contributed by atoms with Crippen LogP contribution in [0.15, 0.2) is 24.3 Å². The van der Waals surface area contributed by atoms with Crippen molar-refractivity contribution < 1.29 is 20.5 Å². The first kappa shape index (κ1) is 16.6. The molecule has 5 nitrogen and oxygen atoms in total. The van der Waals surface area contributed by atoms with Crippen molar-refractivity contribution in [1.29, 1.82) is 0 Å². The van der Waals surface area contributed by atoms with Crippen LogP contribution in [0.25, 0.3) is 0 Å². The van der Waals surface area contributed by atoms with Gasteiger partial charge in [-0.25, -0.2) is 0 Å². The number of nitrogens with two attached hydrogens (primary N) is 1. The highest BCUT2D eigenvalue weighted by atomic mass is 24.3. The highest BCUT2D eigenvalue weighted by Gasteiger charge is 2.11. The van der Waals surface area contributed by atoms with Gasteiger partial charge in [0.05, 0.1) is 0 Å². The second kappa shape index (κ2) is 7.47. The standard InChI is InChI=1S/C9H11NO3.Mg.H2O.2H/c10-8(9(12)13)5-6-1-3-7(11)4-2-6;;;;/h1-4,8,11H,5,10H2,(H,12,13);;1H2;;. The normalized spacial score (nSPS) is 10.7. The Balaban J connectivity index is 0. The number of phenolic OH excluding ortho intramolecular Hbond substituents is 1. The van der Waals surface area contributed by atoms with E-state index >= 15 is 0 Å². The molecular formula is C9H15MgNO4. The van der Waals surface area contributed by atoms with Crippen molar-refractivity contribution in [3.05, 3.63) is 29.8 Å². The van der Waals surface area contributed by atoms with Crippen LogP contribution >= 0.6 is 0 Å². The van der Waals surface area contributed by atoms with E-state index in [0.717, 1.165) is 5.56 Å². The molecule has 0 amide bonds. The molecule has 82 valence electrons. The lowest BCUT2D eigenvalue weighted by atomic mass is 10.1. The average molecular weight is 226 g/mol. The predicted octanol–water partition coefficient (Wildman–Crippen LogP) is -1.39. The molecular weight excluding hydrogens is 210 g/mol. The highest BCUT2D eigenvalue weighted by molar-refractivity contribution is 5.75. The van der Waals surface area contributed by atoms with Gasteiger partial charge in [0.25, 0.3) is 0 Å². The van der Waals surface area contributed by atoms with Gasteiger partial charge in [-0.1, -0.05) is 12.1 Å². The molecule has 0 heterocycles. The number of aromatic hydroxyl groups is 1. The Labute approximate surface area is 103 Å². The van der Waals surface area contributed by atoms with Gasteiger partial charge in [0.15, 0.2) is 0 Å². The lowest BCUT2D eigenvalue weighted by Gasteiger charge is -2.05. The Morgan fingerprint density at radius 1 is 1.33 bits per heavy atom. The van der Waals surface area contributed by atoms with Gasteiger partial charge in [-0.2, -0.15) is 0 Å². The van der Waals surface area contributed by atoms with E-state index < -0.39 is 12.0 Å². The highest BCUT2D eigenvalue weighted by Crippen LogP contribution is 2.10. The fourth-order valence-corrected chi connectivity index (χ4v) is 0.973. The summed E-state index contributed by atoms with van der Waals surface area (Å²) in [6.07, 6.45) is 0.273. The number of hydrogen-bond donors (Lipinski definition) is 3. The Kier molecular flexibility index (Phi) is 8.26. The third-order valence-corrected chi connectivity index (χ3v) is 1.71. The zero-order chi connectivity index (χ0) is 9.84. The maximum Gasteiger partial charge on any atom is 0.320 e. The molecule has 0 spiro atoms. The van der Waals surface area contributed by atoms with Gasteiger partial charge in [0.1, 0.15) is 11.8 Å². The second-order valence-corrected chi connectivity index (χ2v) is 2.82. The second-order valence-electron chi connectivity index (χ2n) is 2.82. The van der Waals surface area contributed by atoms with Gasteiger partial charge in [-0.05, 0) is 24.1 Å². The largest absolute Gasteiger partial charge is 0.508 e. The summed E-state index contributed by atoms with van der Waals surface area (Å²) in [6.45, 7) is 0. The van der Waals surface area contributed by atoms with E-state index in [4.69, 9.17) is 15.9 Å². The summed E-state index contributed by atoms with van der Waals surface area (Å²) in [5, 5.41) is 17.5. The minimum atomic E-state index is -1.02. The maximum absolute atomic E-state index is 10.4. The van der Waals surface area contributed by atoms with E-state index in [9.17, 15) is 4.79 Å². The molecule has 0 radical (unpaired) electrons. The van der Waals surface area contributed by atoms with Crippen molar-refractivity contribution in [2.75, 3.05) is 0 Å². The smallest absolute Gasteiger partial charge is 0.320 e. The Morgan fingerprint density at radius 2 is 1.80 bits per heavy atom. The molecule has 0 fully saturated rings. The molecule has 0 bridgehead atoms. The third kappa shape index (κ3) is 5.58. The molecule has 1 aromatic carbocycles. The number of rotatable bonds is 3. The molecule has 0 saturated heterocycles. The van der Waals surface area contributed by atoms with Crippen LogP contribution in [0, 0.1) is 0 Å². The molecule has 6 heteroatoms. The molecule has 1 rings (SSSR count). The first-order valence-electron chi connectivity index (χ1n) is 3.86. The molecule has 0 aliphatic rings. The fraction of sp³-hybridized carbons (Fsp3) is 0.222. The topological polar surface area (TPSA) is 115 Å². The van der Waals surface area contributed by atoms with Crippen LogP contribution in [0.5, 0.6) is 5.75 Å². The number of carbonyl (C=O) groups is 1. The summed E-state index contributed by atoms with van der Waals surface area (Å²) in [6, 6.07) is 5.42. The van der Waals surface area contributed by atoms with Crippen LogP contribution in [-0.2, 0) is 11.2 Å². The molecule has 1 aromatic rings. The van der Waals surface area contributed by atoms with Crippen molar-refractivity contribution in [2.45, 2.75) is 12.5 Å². The summed E-state index contributed by atoms with van der Waals surface area (Å²) in [5.41, 5.74) is 6.12. The fourth-order valence-electron chi connectivity index (χ4n) is 0.973. The number of benzene rings is 1. The van der Waals surface area contributed by atoms with E-state index in [1.54, 1.807) is 12.1 Å². The Morgan fingerprint density at radius 3 is 2.20 bits per heavy atom. The molecule has 15 heavy (non-hydrogen) atoms. The van der Waals surface area contributed by atoms with Crippen molar-refractivity contribution >= 4 is 29.0 Å². The van der Waals surface area contributed by atoms with Gasteiger partial charge in [0.2, 0.25) is 0 Å². The van der Waals surface area contributed by atoms with Crippen molar-refractivity contribution in [1.82, 2.24) is 0 Å². The average Bonchev–Trinajstić information content (AvgIpc) is 2.08. The third-order valence-electron chi connectivity index (χ3n) is 1.71. The molecule has 0 aliphatic carbocycles. The van der Waals surface area contributed by atoms with Crippen LogP contribution in [-0.4, -0.2) is 50.8 Å². The Bertz CT molecular complexity index is 301. The van der Waals surface area contributed by atoms with Crippen molar-refractivity contribution in [3.63, 3.8) is 0 Å². The van der Waals surface area contributed by atoms with Crippen LogP contribution < -0.4 is 5.73 Å². The lowest BCUT2D eigenvalue weighted by Crippen LogP contribution is -2.32. The lowest BCUT2D eigenvalue weighted by molar-refractivity contribution is -0.138. The minimum absolute atomic E-state index is 0. The van der Waals surface area contributed by atoms with Crippen LogP contribution in [0.3, 0.4) is 0 Å². The number of hydrogen-bond acceptors (Lipinski definition) is 3. The van der Waals surface area contributed by atoms with Crippen LogP contribution in [0.1, 0.15) is 5.56 Å². The number of phenols is 1. The number of carboxylic acids is 1. The van der Waals surface area contributed by atoms with Gasteiger partial charge in [-0.3, -0.25) is 4.79 Å². The zero-order valence-corrected chi connectivity index (χ0v) is 7.47. The van der Waals surface area contributed by atoms with E-state index in [0.29, 0.717) is 0 Å². The van der Waals surface area contributed by atoms with Gasteiger partial charge >= 0.3 is 29.0 Å². The molecule has 1 unspecified atom stereocenters. The number of carboxylic acid groups (broad SMARTS) is 1. The molecule has 6 N–H and O–H groups in total. The van der Waals surface area contributed by atoms with Crippen molar-refractivity contribution in [2.24, 2.45) is 5.73 Å². The van der Waals surface area contributed by atoms with E-state index in [1.807, 2.05) is 0 Å². The van der Waals surface area contributed by atoms with Crippen LogP contribution in [0.4, 0.5) is 0 Å². The van der Waals surface area contributed by atoms with Gasteiger partial charge in [-0.15, -0.1) is 0 Å². The number of aliphatic carboxylic acids is 1. The summed E-state index contributed by atoms with van der Waals surface area (Å²) < 4.78 is 0.